The first-order valence-corrected chi connectivity index (χ1v) is 8.11. The van der Waals surface area contributed by atoms with E-state index in [-0.39, 0.29) is 5.00 Å². The van der Waals surface area contributed by atoms with Crippen LogP contribution in [0.5, 0.6) is 11.5 Å². The third-order valence-corrected chi connectivity index (χ3v) is 4.24. The summed E-state index contributed by atoms with van der Waals surface area (Å²) in [5.74, 6) is 1.38. The summed E-state index contributed by atoms with van der Waals surface area (Å²) in [7, 11) is 0. The molecule has 0 saturated heterocycles. The zero-order valence-electron chi connectivity index (χ0n) is 12.3. The van der Waals surface area contributed by atoms with E-state index in [9.17, 15) is 10.1 Å². The second kappa shape index (κ2) is 7.25. The number of nitro groups is 1. The van der Waals surface area contributed by atoms with E-state index in [1.807, 2.05) is 12.1 Å². The molecule has 0 atom stereocenters. The van der Waals surface area contributed by atoms with Crippen LogP contribution in [0.25, 0.3) is 0 Å². The van der Waals surface area contributed by atoms with Crippen LogP contribution in [0.2, 0.25) is 5.02 Å². The van der Waals surface area contributed by atoms with Crippen LogP contribution in [-0.4, -0.2) is 11.1 Å². The molecule has 3 aromatic rings. The topological polar surface area (TPSA) is 64.7 Å². The first-order chi connectivity index (χ1) is 11.6. The van der Waals surface area contributed by atoms with Gasteiger partial charge in [0.15, 0.2) is 0 Å². The molecule has 24 heavy (non-hydrogen) atoms. The summed E-state index contributed by atoms with van der Waals surface area (Å²) < 4.78 is 5.70. The maximum atomic E-state index is 10.6. The van der Waals surface area contributed by atoms with E-state index in [1.54, 1.807) is 48.7 Å². The number of halogens is 1. The molecule has 0 aliphatic carbocycles. The van der Waals surface area contributed by atoms with Crippen LogP contribution in [0.3, 0.4) is 0 Å². The van der Waals surface area contributed by atoms with Crippen molar-refractivity contribution in [2.45, 2.75) is 0 Å². The van der Waals surface area contributed by atoms with E-state index < -0.39 is 4.92 Å². The minimum Gasteiger partial charge on any atom is -0.457 e. The van der Waals surface area contributed by atoms with Crippen LogP contribution in [-0.2, 0) is 0 Å². The lowest BCUT2D eigenvalue weighted by molar-refractivity contribution is -0.380. The lowest BCUT2D eigenvalue weighted by Gasteiger charge is -2.05. The van der Waals surface area contributed by atoms with Gasteiger partial charge in [-0.05, 0) is 54.6 Å². The Morgan fingerprint density at radius 3 is 2.21 bits per heavy atom. The van der Waals surface area contributed by atoms with Gasteiger partial charge in [0.25, 0.3) is 0 Å². The number of aliphatic imine (C=N–C) groups is 1. The zero-order valence-corrected chi connectivity index (χ0v) is 13.8. The molecule has 7 heteroatoms. The van der Waals surface area contributed by atoms with Crippen molar-refractivity contribution in [1.29, 1.82) is 0 Å². The Morgan fingerprint density at radius 2 is 1.62 bits per heavy atom. The molecule has 0 aliphatic heterocycles. The van der Waals surface area contributed by atoms with Gasteiger partial charge in [-0.3, -0.25) is 15.1 Å². The molecule has 0 radical (unpaired) electrons. The van der Waals surface area contributed by atoms with E-state index in [0.29, 0.717) is 16.5 Å². The molecular weight excluding hydrogens is 348 g/mol. The SMILES string of the molecule is O=[N+]([O-])c1ccc(C=Nc2ccc(Oc3ccc(Cl)cc3)cc2)s1. The molecule has 0 amide bonds. The molecule has 0 bridgehead atoms. The highest BCUT2D eigenvalue weighted by atomic mass is 35.5. The van der Waals surface area contributed by atoms with Crippen molar-refractivity contribution in [3.05, 3.63) is 80.7 Å². The van der Waals surface area contributed by atoms with Crippen LogP contribution < -0.4 is 4.74 Å². The first kappa shape index (κ1) is 16.2. The average Bonchev–Trinajstić information content (AvgIpc) is 3.06. The predicted molar refractivity (Wildman–Crippen MR) is 96.2 cm³/mol. The lowest BCUT2D eigenvalue weighted by atomic mass is 10.3. The number of thiophene rings is 1. The second-order valence-corrected chi connectivity index (χ2v) is 6.27. The highest BCUT2D eigenvalue weighted by Crippen LogP contribution is 2.26. The first-order valence-electron chi connectivity index (χ1n) is 6.92. The van der Waals surface area contributed by atoms with Crippen LogP contribution in [0.15, 0.2) is 65.7 Å². The Hall–Kier alpha value is -2.70. The van der Waals surface area contributed by atoms with Crippen LogP contribution in [0.4, 0.5) is 10.7 Å². The smallest absolute Gasteiger partial charge is 0.324 e. The van der Waals surface area contributed by atoms with Gasteiger partial charge < -0.3 is 4.74 Å². The Morgan fingerprint density at radius 1 is 1.00 bits per heavy atom. The summed E-state index contributed by atoms with van der Waals surface area (Å²) >= 11 is 6.91. The zero-order chi connectivity index (χ0) is 16.9. The molecule has 0 fully saturated rings. The van der Waals surface area contributed by atoms with Crippen LogP contribution >= 0.6 is 22.9 Å². The second-order valence-electron chi connectivity index (χ2n) is 4.74. The largest absolute Gasteiger partial charge is 0.457 e. The maximum Gasteiger partial charge on any atom is 0.324 e. The van der Waals surface area contributed by atoms with Crippen molar-refractivity contribution in [3.8, 4) is 11.5 Å². The molecule has 0 aliphatic rings. The molecule has 3 rings (SSSR count). The predicted octanol–water partition coefficient (Wildman–Crippen LogP) is 5.85. The van der Waals surface area contributed by atoms with Gasteiger partial charge in [-0.25, -0.2) is 0 Å². The highest BCUT2D eigenvalue weighted by Gasteiger charge is 2.07. The molecule has 2 aromatic carbocycles. The molecular formula is C17H11ClN2O3S. The molecule has 0 saturated carbocycles. The number of rotatable bonds is 5. The maximum absolute atomic E-state index is 10.6. The van der Waals surface area contributed by atoms with Gasteiger partial charge in [-0.15, -0.1) is 0 Å². The van der Waals surface area contributed by atoms with Crippen LogP contribution in [0.1, 0.15) is 4.88 Å². The fraction of sp³-hybridized carbons (Fsp3) is 0. The summed E-state index contributed by atoms with van der Waals surface area (Å²) in [6, 6.07) is 17.5. The highest BCUT2D eigenvalue weighted by molar-refractivity contribution is 7.16. The van der Waals surface area contributed by atoms with Gasteiger partial charge in [0.2, 0.25) is 0 Å². The number of ether oxygens (including phenoxy) is 1. The quantitative estimate of drug-likeness (QED) is 0.326. The summed E-state index contributed by atoms with van der Waals surface area (Å²) in [6.45, 7) is 0. The third kappa shape index (κ3) is 4.18. The molecule has 1 heterocycles. The van der Waals surface area contributed by atoms with Crippen molar-refractivity contribution < 1.29 is 9.66 Å². The van der Waals surface area contributed by atoms with E-state index in [1.165, 1.54) is 6.07 Å². The van der Waals surface area contributed by atoms with Gasteiger partial charge in [0.05, 0.1) is 15.5 Å². The standard InChI is InChI=1S/C17H11ClN2O3S/c18-12-1-5-14(6-2-12)23-15-7-3-13(4-8-15)19-11-16-9-10-17(24-16)20(21)22/h1-11H. The monoisotopic (exact) mass is 358 g/mol. The normalized spacial score (nSPS) is 10.9. The molecule has 0 unspecified atom stereocenters. The number of hydrogen-bond donors (Lipinski definition) is 0. The Labute approximate surface area is 147 Å². The Bertz CT molecular complexity index is 874. The lowest BCUT2D eigenvalue weighted by Crippen LogP contribution is -1.83. The Kier molecular flexibility index (Phi) is 4.88. The number of nitrogens with zero attached hydrogens (tertiary/aromatic N) is 2. The summed E-state index contributed by atoms with van der Waals surface area (Å²) in [5.41, 5.74) is 0.731. The van der Waals surface area contributed by atoms with E-state index in [2.05, 4.69) is 4.99 Å². The van der Waals surface area contributed by atoms with Crippen LogP contribution in [0, 0.1) is 10.1 Å². The average molecular weight is 359 g/mol. The van der Waals surface area contributed by atoms with Crippen molar-refractivity contribution in [1.82, 2.24) is 0 Å². The fourth-order valence-electron chi connectivity index (χ4n) is 1.89. The molecule has 120 valence electrons. The minimum atomic E-state index is -0.412. The summed E-state index contributed by atoms with van der Waals surface area (Å²) in [4.78, 5) is 15.3. The Balaban J connectivity index is 1.66. The van der Waals surface area contributed by atoms with Gasteiger partial charge in [0, 0.05) is 17.3 Å². The molecule has 0 spiro atoms. The van der Waals surface area contributed by atoms with Crippen molar-refractivity contribution in [3.63, 3.8) is 0 Å². The van der Waals surface area contributed by atoms with Gasteiger partial charge in [0.1, 0.15) is 11.5 Å². The van der Waals surface area contributed by atoms with Crippen molar-refractivity contribution in [2.24, 2.45) is 4.99 Å². The van der Waals surface area contributed by atoms with E-state index >= 15 is 0 Å². The van der Waals surface area contributed by atoms with Crippen molar-refractivity contribution >= 4 is 39.8 Å². The molecule has 0 N–H and O–H groups in total. The third-order valence-electron chi connectivity index (χ3n) is 3.02. The van der Waals surface area contributed by atoms with Gasteiger partial charge >= 0.3 is 5.00 Å². The van der Waals surface area contributed by atoms with Crippen molar-refractivity contribution in [2.75, 3.05) is 0 Å². The summed E-state index contributed by atoms with van der Waals surface area (Å²) in [5, 5.41) is 11.4. The molecule has 5 nitrogen and oxygen atoms in total. The van der Waals surface area contributed by atoms with E-state index in [0.717, 1.165) is 21.9 Å². The minimum absolute atomic E-state index is 0.100. The van der Waals surface area contributed by atoms with Gasteiger partial charge in [-0.1, -0.05) is 22.9 Å². The summed E-state index contributed by atoms with van der Waals surface area (Å²) in [6.07, 6.45) is 1.60. The van der Waals surface area contributed by atoms with E-state index in [4.69, 9.17) is 16.3 Å². The number of benzene rings is 2. The molecule has 1 aromatic heterocycles. The number of hydrogen-bond acceptors (Lipinski definition) is 5. The fourth-order valence-corrected chi connectivity index (χ4v) is 2.71. The van der Waals surface area contributed by atoms with Gasteiger partial charge in [-0.2, -0.15) is 0 Å².